The first-order valence-corrected chi connectivity index (χ1v) is 10.9. The van der Waals surface area contributed by atoms with Crippen LogP contribution in [0.25, 0.3) is 0 Å². The molecule has 0 saturated carbocycles. The molecule has 3 rings (SSSR count). The molecule has 1 aliphatic rings. The number of ether oxygens (including phenoxy) is 1. The Balaban J connectivity index is 1.53. The van der Waals surface area contributed by atoms with Gasteiger partial charge < -0.3 is 25.6 Å². The number of anilines is 1. The summed E-state index contributed by atoms with van der Waals surface area (Å²) < 4.78 is 5.41. The normalized spacial score (nSPS) is 14.2. The SMILES string of the molecule is CCNC(=NCc1ccc(N2CCNC(=O)C2)cc1)NCCc1ccc(C)c(OC)c1. The highest BCUT2D eigenvalue weighted by molar-refractivity contribution is 5.82. The number of carbonyl (C=O) groups excluding carboxylic acids is 1. The van der Waals surface area contributed by atoms with E-state index in [1.807, 2.05) is 6.92 Å². The van der Waals surface area contributed by atoms with E-state index < -0.39 is 0 Å². The van der Waals surface area contributed by atoms with Crippen LogP contribution in [0.5, 0.6) is 5.75 Å². The van der Waals surface area contributed by atoms with Gasteiger partial charge in [0, 0.05) is 31.9 Å². The molecule has 1 fully saturated rings. The molecule has 0 bridgehead atoms. The number of hydrogen-bond donors (Lipinski definition) is 3. The van der Waals surface area contributed by atoms with Crippen LogP contribution in [0.4, 0.5) is 5.69 Å². The van der Waals surface area contributed by atoms with Gasteiger partial charge in [0.2, 0.25) is 5.91 Å². The van der Waals surface area contributed by atoms with E-state index in [-0.39, 0.29) is 5.91 Å². The summed E-state index contributed by atoms with van der Waals surface area (Å²) in [6.07, 6.45) is 0.888. The molecule has 0 aromatic heterocycles. The topological polar surface area (TPSA) is 78.0 Å². The van der Waals surface area contributed by atoms with Crippen molar-refractivity contribution >= 4 is 17.6 Å². The summed E-state index contributed by atoms with van der Waals surface area (Å²) in [5, 5.41) is 9.56. The van der Waals surface area contributed by atoms with Gasteiger partial charge in [-0.1, -0.05) is 24.3 Å². The molecule has 3 N–H and O–H groups in total. The summed E-state index contributed by atoms with van der Waals surface area (Å²) in [6.45, 7) is 8.24. The van der Waals surface area contributed by atoms with Crippen molar-refractivity contribution in [3.05, 3.63) is 59.2 Å². The van der Waals surface area contributed by atoms with Gasteiger partial charge in [-0.15, -0.1) is 0 Å². The van der Waals surface area contributed by atoms with Crippen molar-refractivity contribution in [3.8, 4) is 5.75 Å². The van der Waals surface area contributed by atoms with Crippen LogP contribution in [-0.2, 0) is 17.8 Å². The number of hydrogen-bond acceptors (Lipinski definition) is 4. The molecule has 1 amide bonds. The van der Waals surface area contributed by atoms with Crippen molar-refractivity contribution in [2.75, 3.05) is 44.7 Å². The van der Waals surface area contributed by atoms with Crippen LogP contribution in [0.15, 0.2) is 47.5 Å². The molecule has 0 radical (unpaired) electrons. The summed E-state index contributed by atoms with van der Waals surface area (Å²) in [4.78, 5) is 18.4. The number of guanidine groups is 1. The lowest BCUT2D eigenvalue weighted by Crippen LogP contribution is -2.47. The van der Waals surface area contributed by atoms with Gasteiger partial charge in [-0.2, -0.15) is 0 Å². The molecule has 1 saturated heterocycles. The highest BCUT2D eigenvalue weighted by Crippen LogP contribution is 2.19. The second kappa shape index (κ2) is 11.2. The molecule has 2 aromatic carbocycles. The monoisotopic (exact) mass is 423 g/mol. The van der Waals surface area contributed by atoms with Gasteiger partial charge >= 0.3 is 0 Å². The molecule has 0 unspecified atom stereocenters. The van der Waals surface area contributed by atoms with Crippen LogP contribution in [-0.4, -0.2) is 51.7 Å². The van der Waals surface area contributed by atoms with Gasteiger partial charge in [0.1, 0.15) is 5.75 Å². The fourth-order valence-corrected chi connectivity index (χ4v) is 3.53. The predicted octanol–water partition coefficient (Wildman–Crippen LogP) is 2.24. The number of aliphatic imine (C=N–C) groups is 1. The molecule has 7 heteroatoms. The van der Waals surface area contributed by atoms with Gasteiger partial charge in [-0.25, -0.2) is 4.99 Å². The smallest absolute Gasteiger partial charge is 0.239 e. The van der Waals surface area contributed by atoms with Crippen molar-refractivity contribution in [2.45, 2.75) is 26.8 Å². The third kappa shape index (κ3) is 6.64. The van der Waals surface area contributed by atoms with Crippen LogP contribution >= 0.6 is 0 Å². The van der Waals surface area contributed by atoms with E-state index in [0.717, 1.165) is 54.6 Å². The molecule has 1 heterocycles. The van der Waals surface area contributed by atoms with Crippen molar-refractivity contribution in [2.24, 2.45) is 4.99 Å². The van der Waals surface area contributed by atoms with Crippen LogP contribution < -0.4 is 25.6 Å². The third-order valence-corrected chi connectivity index (χ3v) is 5.28. The Kier molecular flexibility index (Phi) is 8.15. The van der Waals surface area contributed by atoms with E-state index in [4.69, 9.17) is 9.73 Å². The fourth-order valence-electron chi connectivity index (χ4n) is 3.53. The van der Waals surface area contributed by atoms with Gasteiger partial charge in [0.25, 0.3) is 0 Å². The number of nitrogens with one attached hydrogen (secondary N) is 3. The Morgan fingerprint density at radius 1 is 1.16 bits per heavy atom. The van der Waals surface area contributed by atoms with Crippen molar-refractivity contribution in [3.63, 3.8) is 0 Å². The van der Waals surface area contributed by atoms with Crippen LogP contribution in [0.3, 0.4) is 0 Å². The van der Waals surface area contributed by atoms with E-state index in [9.17, 15) is 4.79 Å². The fraction of sp³-hybridized carbons (Fsp3) is 0.417. The predicted molar refractivity (Wildman–Crippen MR) is 126 cm³/mol. The average Bonchev–Trinajstić information content (AvgIpc) is 2.79. The zero-order chi connectivity index (χ0) is 22.1. The molecular weight excluding hydrogens is 390 g/mol. The Bertz CT molecular complexity index is 895. The number of methoxy groups -OCH3 is 1. The number of aryl methyl sites for hydroxylation is 1. The van der Waals surface area contributed by atoms with E-state index in [1.54, 1.807) is 7.11 Å². The highest BCUT2D eigenvalue weighted by atomic mass is 16.5. The maximum atomic E-state index is 11.6. The van der Waals surface area contributed by atoms with Crippen molar-refractivity contribution in [1.29, 1.82) is 0 Å². The number of nitrogens with zero attached hydrogens (tertiary/aromatic N) is 2. The minimum Gasteiger partial charge on any atom is -0.496 e. The second-order valence-electron chi connectivity index (χ2n) is 7.61. The quantitative estimate of drug-likeness (QED) is 0.448. The van der Waals surface area contributed by atoms with Gasteiger partial charge in [0.05, 0.1) is 20.2 Å². The van der Waals surface area contributed by atoms with E-state index >= 15 is 0 Å². The van der Waals surface area contributed by atoms with Gasteiger partial charge in [0.15, 0.2) is 5.96 Å². The van der Waals surface area contributed by atoms with Gasteiger partial charge in [-0.05, 0) is 55.2 Å². The van der Waals surface area contributed by atoms with Crippen LogP contribution in [0.1, 0.15) is 23.6 Å². The molecule has 0 atom stereocenters. The van der Waals surface area contributed by atoms with Crippen molar-refractivity contribution < 1.29 is 9.53 Å². The maximum Gasteiger partial charge on any atom is 0.239 e. The molecule has 31 heavy (non-hydrogen) atoms. The van der Waals surface area contributed by atoms with E-state index in [0.29, 0.717) is 19.6 Å². The lowest BCUT2D eigenvalue weighted by atomic mass is 10.1. The highest BCUT2D eigenvalue weighted by Gasteiger charge is 2.16. The lowest BCUT2D eigenvalue weighted by molar-refractivity contribution is -0.120. The second-order valence-corrected chi connectivity index (χ2v) is 7.61. The molecule has 7 nitrogen and oxygen atoms in total. The minimum absolute atomic E-state index is 0.0744. The maximum absolute atomic E-state index is 11.6. The number of carbonyl (C=O) groups is 1. The Hall–Kier alpha value is -3.22. The zero-order valence-electron chi connectivity index (χ0n) is 18.7. The molecular formula is C24H33N5O2. The third-order valence-electron chi connectivity index (χ3n) is 5.28. The van der Waals surface area contributed by atoms with Crippen LogP contribution in [0, 0.1) is 6.92 Å². The standard InChI is InChI=1S/C24H33N5O2/c1-4-25-24(27-12-11-19-6-5-18(2)22(15-19)31-3)28-16-20-7-9-21(10-8-20)29-14-13-26-23(30)17-29/h5-10,15H,4,11-14,16-17H2,1-3H3,(H,26,30)(H2,25,27,28). The summed E-state index contributed by atoms with van der Waals surface area (Å²) >= 11 is 0. The van der Waals surface area contributed by atoms with Gasteiger partial charge in [-0.3, -0.25) is 4.79 Å². The number of rotatable bonds is 8. The minimum atomic E-state index is 0.0744. The molecule has 1 aliphatic heterocycles. The molecule has 0 aliphatic carbocycles. The van der Waals surface area contributed by atoms with E-state index in [2.05, 4.69) is 70.2 Å². The zero-order valence-corrected chi connectivity index (χ0v) is 18.7. The Morgan fingerprint density at radius 2 is 1.94 bits per heavy atom. The summed E-state index contributed by atoms with van der Waals surface area (Å²) in [7, 11) is 1.70. The average molecular weight is 424 g/mol. The number of amides is 1. The lowest BCUT2D eigenvalue weighted by Gasteiger charge is -2.28. The summed E-state index contributed by atoms with van der Waals surface area (Å²) in [5.41, 5.74) is 4.57. The molecule has 166 valence electrons. The Labute approximate surface area is 184 Å². The summed E-state index contributed by atoms with van der Waals surface area (Å²) in [6, 6.07) is 14.6. The first-order chi connectivity index (χ1) is 15.1. The van der Waals surface area contributed by atoms with E-state index in [1.165, 1.54) is 5.56 Å². The molecule has 0 spiro atoms. The van der Waals surface area contributed by atoms with Crippen molar-refractivity contribution in [1.82, 2.24) is 16.0 Å². The number of piperazine rings is 1. The Morgan fingerprint density at radius 3 is 2.65 bits per heavy atom. The largest absolute Gasteiger partial charge is 0.496 e. The first kappa shape index (κ1) is 22.5. The van der Waals surface area contributed by atoms with Crippen LogP contribution in [0.2, 0.25) is 0 Å². The number of benzene rings is 2. The summed E-state index contributed by atoms with van der Waals surface area (Å²) in [5.74, 6) is 1.80. The first-order valence-electron chi connectivity index (χ1n) is 10.9. The molecule has 2 aromatic rings.